The number of aryl methyl sites for hydroxylation is 1. The van der Waals surface area contributed by atoms with Gasteiger partial charge in [0.15, 0.2) is 0 Å². The summed E-state index contributed by atoms with van der Waals surface area (Å²) in [6.45, 7) is 4.20. The summed E-state index contributed by atoms with van der Waals surface area (Å²) in [6, 6.07) is 4.19. The second-order valence-electron chi connectivity index (χ2n) is 4.03. The predicted molar refractivity (Wildman–Crippen MR) is 63.2 cm³/mol. The first-order chi connectivity index (χ1) is 7.27. The van der Waals surface area contributed by atoms with Gasteiger partial charge in [-0.3, -0.25) is 0 Å². The lowest BCUT2D eigenvalue weighted by Gasteiger charge is -2.25. The number of hydrogen-bond donors (Lipinski definition) is 1. The molecule has 1 N–H and O–H groups in total. The minimum absolute atomic E-state index is 0.561. The molecule has 0 amide bonds. The van der Waals surface area contributed by atoms with E-state index in [-0.39, 0.29) is 0 Å². The Balaban J connectivity index is 2.27. The van der Waals surface area contributed by atoms with Gasteiger partial charge in [-0.2, -0.15) is 0 Å². The Kier molecular flexibility index (Phi) is 2.07. The molecule has 3 rings (SSSR count). The average Bonchev–Trinajstić information content (AvgIpc) is 2.43. The number of rotatable bonds is 1. The molecule has 1 aliphatic rings. The normalized spacial score (nSPS) is 16.9. The molecule has 3 nitrogen and oxygen atoms in total. The van der Waals surface area contributed by atoms with Crippen LogP contribution in [0, 0.1) is 6.92 Å². The van der Waals surface area contributed by atoms with Crippen LogP contribution in [0.5, 0.6) is 0 Å². The lowest BCUT2D eigenvalue weighted by molar-refractivity contribution is 0.428. The highest BCUT2D eigenvalue weighted by molar-refractivity contribution is 9.10. The van der Waals surface area contributed by atoms with Crippen LogP contribution in [-0.2, 0) is 0 Å². The smallest absolute Gasteiger partial charge is 0.132 e. The minimum atomic E-state index is 0.561. The Morgan fingerprint density at radius 1 is 1.53 bits per heavy atom. The van der Waals surface area contributed by atoms with Gasteiger partial charge >= 0.3 is 0 Å². The molecule has 0 bridgehead atoms. The standard InChI is InChI=1S/C11H12BrN3/c1-7-3-2-4-15-9(7)10(12)14-11(15)8-5-13-6-8/h2-4,8,13H,5-6H2,1H3. The molecule has 0 saturated carbocycles. The van der Waals surface area contributed by atoms with Gasteiger partial charge in [0.25, 0.3) is 0 Å². The number of aromatic nitrogens is 2. The van der Waals surface area contributed by atoms with Crippen molar-refractivity contribution in [2.24, 2.45) is 0 Å². The van der Waals surface area contributed by atoms with E-state index >= 15 is 0 Å². The molecule has 78 valence electrons. The van der Waals surface area contributed by atoms with E-state index in [1.165, 1.54) is 16.9 Å². The van der Waals surface area contributed by atoms with Crippen molar-refractivity contribution in [3.63, 3.8) is 0 Å². The highest BCUT2D eigenvalue weighted by atomic mass is 79.9. The zero-order valence-corrected chi connectivity index (χ0v) is 10.1. The van der Waals surface area contributed by atoms with Crippen molar-refractivity contribution in [2.75, 3.05) is 13.1 Å². The average molecular weight is 266 g/mol. The van der Waals surface area contributed by atoms with Crippen LogP contribution in [0.4, 0.5) is 0 Å². The number of pyridine rings is 1. The number of imidazole rings is 1. The molecule has 2 aromatic heterocycles. The van der Waals surface area contributed by atoms with Crippen molar-refractivity contribution < 1.29 is 0 Å². The molecule has 0 spiro atoms. The molecule has 15 heavy (non-hydrogen) atoms. The van der Waals surface area contributed by atoms with Crippen LogP contribution in [0.2, 0.25) is 0 Å². The van der Waals surface area contributed by atoms with E-state index in [1.807, 2.05) is 0 Å². The second kappa shape index (κ2) is 3.32. The maximum absolute atomic E-state index is 4.61. The van der Waals surface area contributed by atoms with Crippen molar-refractivity contribution in [3.05, 3.63) is 34.3 Å². The fourth-order valence-electron chi connectivity index (χ4n) is 2.04. The number of nitrogens with zero attached hydrogens (tertiary/aromatic N) is 2. The second-order valence-corrected chi connectivity index (χ2v) is 4.78. The highest BCUT2D eigenvalue weighted by Crippen LogP contribution is 2.27. The van der Waals surface area contributed by atoms with Gasteiger partial charge in [0.05, 0.1) is 5.52 Å². The third-order valence-corrected chi connectivity index (χ3v) is 3.55. The molecule has 0 aliphatic carbocycles. The van der Waals surface area contributed by atoms with Crippen LogP contribution in [0.25, 0.3) is 5.52 Å². The summed E-state index contributed by atoms with van der Waals surface area (Å²) < 4.78 is 3.16. The SMILES string of the molecule is Cc1cccn2c(C3CNC3)nc(Br)c12. The summed E-state index contributed by atoms with van der Waals surface area (Å²) in [7, 11) is 0. The first kappa shape index (κ1) is 9.36. The number of hydrogen-bond acceptors (Lipinski definition) is 2. The molecule has 1 fully saturated rings. The van der Waals surface area contributed by atoms with E-state index in [2.05, 4.69) is 55.9 Å². The van der Waals surface area contributed by atoms with Gasteiger partial charge in [0.1, 0.15) is 10.4 Å². The Labute approximate surface area is 96.6 Å². The first-order valence-electron chi connectivity index (χ1n) is 5.11. The van der Waals surface area contributed by atoms with Gasteiger partial charge in [0, 0.05) is 25.2 Å². The Morgan fingerprint density at radius 3 is 3.00 bits per heavy atom. The molecule has 1 aliphatic heterocycles. The van der Waals surface area contributed by atoms with Crippen LogP contribution in [0.3, 0.4) is 0 Å². The van der Waals surface area contributed by atoms with Crippen LogP contribution in [0.1, 0.15) is 17.3 Å². The Bertz CT molecular complexity index is 514. The summed E-state index contributed by atoms with van der Waals surface area (Å²) in [4.78, 5) is 4.61. The fraction of sp³-hybridized carbons (Fsp3) is 0.364. The fourth-order valence-corrected chi connectivity index (χ4v) is 2.72. The molecule has 1 saturated heterocycles. The third-order valence-electron chi connectivity index (χ3n) is 3.00. The Hall–Kier alpha value is -0.870. The van der Waals surface area contributed by atoms with Crippen LogP contribution >= 0.6 is 15.9 Å². The summed E-state index contributed by atoms with van der Waals surface area (Å²) in [5.41, 5.74) is 2.45. The van der Waals surface area contributed by atoms with Gasteiger partial charge < -0.3 is 9.72 Å². The maximum atomic E-state index is 4.61. The van der Waals surface area contributed by atoms with Crippen molar-refractivity contribution in [1.29, 1.82) is 0 Å². The van der Waals surface area contributed by atoms with E-state index in [4.69, 9.17) is 0 Å². The van der Waals surface area contributed by atoms with Gasteiger partial charge in [0.2, 0.25) is 0 Å². The summed E-state index contributed by atoms with van der Waals surface area (Å²) in [5, 5.41) is 3.28. The number of nitrogens with one attached hydrogen (secondary N) is 1. The van der Waals surface area contributed by atoms with Gasteiger partial charge in [-0.25, -0.2) is 4.98 Å². The lowest BCUT2D eigenvalue weighted by atomic mass is 10.0. The topological polar surface area (TPSA) is 29.3 Å². The van der Waals surface area contributed by atoms with Crippen molar-refractivity contribution in [3.8, 4) is 0 Å². The third kappa shape index (κ3) is 1.32. The molecule has 0 unspecified atom stereocenters. The van der Waals surface area contributed by atoms with E-state index < -0.39 is 0 Å². The lowest BCUT2D eigenvalue weighted by Crippen LogP contribution is -2.40. The van der Waals surface area contributed by atoms with E-state index in [0.29, 0.717) is 5.92 Å². The summed E-state index contributed by atoms with van der Waals surface area (Å²) in [5.74, 6) is 1.73. The zero-order chi connectivity index (χ0) is 10.4. The maximum Gasteiger partial charge on any atom is 0.132 e. The van der Waals surface area contributed by atoms with Gasteiger partial charge in [-0.05, 0) is 34.5 Å². The van der Waals surface area contributed by atoms with E-state index in [0.717, 1.165) is 17.7 Å². The highest BCUT2D eigenvalue weighted by Gasteiger charge is 2.24. The summed E-state index contributed by atoms with van der Waals surface area (Å²) >= 11 is 3.54. The van der Waals surface area contributed by atoms with Gasteiger partial charge in [-0.15, -0.1) is 0 Å². The largest absolute Gasteiger partial charge is 0.315 e. The van der Waals surface area contributed by atoms with Crippen LogP contribution in [0.15, 0.2) is 22.9 Å². The molecule has 0 aromatic carbocycles. The summed E-state index contributed by atoms with van der Waals surface area (Å²) in [6.07, 6.45) is 2.09. The van der Waals surface area contributed by atoms with Gasteiger partial charge in [-0.1, -0.05) is 6.07 Å². The van der Waals surface area contributed by atoms with Crippen LogP contribution in [-0.4, -0.2) is 22.5 Å². The molecular formula is C11H12BrN3. The number of fused-ring (bicyclic) bond motifs is 1. The minimum Gasteiger partial charge on any atom is -0.315 e. The monoisotopic (exact) mass is 265 g/mol. The first-order valence-corrected chi connectivity index (χ1v) is 5.90. The molecule has 3 heterocycles. The zero-order valence-electron chi connectivity index (χ0n) is 8.50. The van der Waals surface area contributed by atoms with E-state index in [1.54, 1.807) is 0 Å². The molecule has 2 aromatic rings. The van der Waals surface area contributed by atoms with Crippen LogP contribution < -0.4 is 5.32 Å². The Morgan fingerprint density at radius 2 is 2.33 bits per heavy atom. The van der Waals surface area contributed by atoms with Crippen molar-refractivity contribution in [1.82, 2.24) is 14.7 Å². The van der Waals surface area contributed by atoms with Crippen molar-refractivity contribution in [2.45, 2.75) is 12.8 Å². The van der Waals surface area contributed by atoms with E-state index in [9.17, 15) is 0 Å². The predicted octanol–water partition coefficient (Wildman–Crippen LogP) is 2.09. The molecular weight excluding hydrogens is 254 g/mol. The quantitative estimate of drug-likeness (QED) is 0.856. The molecule has 0 atom stereocenters. The van der Waals surface area contributed by atoms with Crippen molar-refractivity contribution >= 4 is 21.4 Å². The molecule has 4 heteroatoms. The molecule has 0 radical (unpaired) electrons. The number of halogens is 1.